The molecule has 0 aliphatic carbocycles. The van der Waals surface area contributed by atoms with E-state index in [0.717, 1.165) is 11.1 Å². The Labute approximate surface area is 116 Å². The third-order valence-electron chi connectivity index (χ3n) is 2.55. The number of hydrogen-bond acceptors (Lipinski definition) is 2. The number of Topliss-reactive ketones (excluding diaryl/α,β-unsaturated/α-hetero) is 1. The number of nitrogens with zero attached hydrogens (tertiary/aromatic N) is 1. The van der Waals surface area contributed by atoms with E-state index in [4.69, 9.17) is 23.2 Å². The quantitative estimate of drug-likeness (QED) is 0.791. The van der Waals surface area contributed by atoms with E-state index in [1.807, 2.05) is 13.0 Å². The number of rotatable bonds is 3. The highest BCUT2D eigenvalue weighted by Crippen LogP contribution is 2.23. The molecule has 0 saturated heterocycles. The molecule has 2 rings (SSSR count). The molecule has 4 heteroatoms. The van der Waals surface area contributed by atoms with Gasteiger partial charge in [-0.15, -0.1) is 0 Å². The Morgan fingerprint density at radius 1 is 1.17 bits per heavy atom. The van der Waals surface area contributed by atoms with Crippen LogP contribution in [0, 0.1) is 6.92 Å². The molecule has 0 radical (unpaired) electrons. The summed E-state index contributed by atoms with van der Waals surface area (Å²) < 4.78 is 0. The highest BCUT2D eigenvalue weighted by molar-refractivity contribution is 6.42. The highest BCUT2D eigenvalue weighted by Gasteiger charge is 2.09. The first kappa shape index (κ1) is 13.1. The minimum atomic E-state index is -0.0305. The van der Waals surface area contributed by atoms with Crippen molar-refractivity contribution in [2.45, 2.75) is 13.3 Å². The molecule has 1 aromatic carbocycles. The van der Waals surface area contributed by atoms with E-state index in [9.17, 15) is 4.79 Å². The second-order valence-corrected chi connectivity index (χ2v) is 4.88. The van der Waals surface area contributed by atoms with E-state index in [2.05, 4.69) is 4.98 Å². The monoisotopic (exact) mass is 279 g/mol. The molecule has 0 atom stereocenters. The molecule has 2 aromatic rings. The first-order valence-corrected chi connectivity index (χ1v) is 6.21. The molecule has 2 nitrogen and oxygen atoms in total. The summed E-state index contributed by atoms with van der Waals surface area (Å²) in [7, 11) is 0. The maximum Gasteiger partial charge on any atom is 0.185 e. The Bertz CT molecular complexity index is 596. The maximum atomic E-state index is 12.0. The Morgan fingerprint density at radius 2 is 1.94 bits per heavy atom. The fourth-order valence-corrected chi connectivity index (χ4v) is 1.93. The van der Waals surface area contributed by atoms with Gasteiger partial charge in [0.05, 0.1) is 10.0 Å². The predicted molar refractivity (Wildman–Crippen MR) is 73.5 cm³/mol. The number of halogens is 2. The fourth-order valence-electron chi connectivity index (χ4n) is 1.61. The molecular weight excluding hydrogens is 269 g/mol. The van der Waals surface area contributed by atoms with Gasteiger partial charge in [0.2, 0.25) is 0 Å². The zero-order chi connectivity index (χ0) is 13.1. The van der Waals surface area contributed by atoms with Crippen LogP contribution in [0.2, 0.25) is 10.0 Å². The largest absolute Gasteiger partial charge is 0.292 e. The van der Waals surface area contributed by atoms with Gasteiger partial charge in [-0.3, -0.25) is 9.78 Å². The van der Waals surface area contributed by atoms with Crippen LogP contribution >= 0.6 is 23.2 Å². The number of carbonyl (C=O) groups excluding carboxylic acids is 1. The van der Waals surface area contributed by atoms with Gasteiger partial charge >= 0.3 is 0 Å². The third-order valence-corrected chi connectivity index (χ3v) is 3.29. The fraction of sp³-hybridized carbons (Fsp3) is 0.143. The van der Waals surface area contributed by atoms with Crippen molar-refractivity contribution in [1.29, 1.82) is 0 Å². The van der Waals surface area contributed by atoms with Gasteiger partial charge < -0.3 is 0 Å². The van der Waals surface area contributed by atoms with E-state index in [1.54, 1.807) is 30.5 Å². The first-order chi connectivity index (χ1) is 8.56. The molecule has 0 aliphatic rings. The Morgan fingerprint density at radius 3 is 2.61 bits per heavy atom. The topological polar surface area (TPSA) is 30.0 Å². The Balaban J connectivity index is 2.18. The normalized spacial score (nSPS) is 10.4. The van der Waals surface area contributed by atoms with Crippen LogP contribution in [0.3, 0.4) is 0 Å². The molecule has 92 valence electrons. The van der Waals surface area contributed by atoms with Crippen LogP contribution in [0.25, 0.3) is 0 Å². The Hall–Kier alpha value is -1.38. The number of aryl methyl sites for hydroxylation is 1. The van der Waals surface area contributed by atoms with Gasteiger partial charge in [0.1, 0.15) is 5.69 Å². The number of hydrogen-bond donors (Lipinski definition) is 0. The maximum absolute atomic E-state index is 12.0. The van der Waals surface area contributed by atoms with E-state index >= 15 is 0 Å². The molecule has 0 saturated carbocycles. The molecule has 1 aromatic heterocycles. The van der Waals surface area contributed by atoms with Crippen LogP contribution in [0.15, 0.2) is 36.5 Å². The minimum absolute atomic E-state index is 0.0305. The lowest BCUT2D eigenvalue weighted by Crippen LogP contribution is -2.06. The van der Waals surface area contributed by atoms with Gasteiger partial charge in [-0.05, 0) is 42.3 Å². The van der Waals surface area contributed by atoms with Gasteiger partial charge in [0.15, 0.2) is 5.78 Å². The molecule has 0 fully saturated rings. The van der Waals surface area contributed by atoms with E-state index in [-0.39, 0.29) is 12.2 Å². The van der Waals surface area contributed by atoms with Crippen molar-refractivity contribution in [2.24, 2.45) is 0 Å². The molecule has 1 heterocycles. The summed E-state index contributed by atoms with van der Waals surface area (Å²) in [6, 6.07) is 8.82. The SMILES string of the molecule is Cc1ccnc(C(=O)Cc2ccc(Cl)c(Cl)c2)c1. The van der Waals surface area contributed by atoms with Crippen molar-refractivity contribution in [2.75, 3.05) is 0 Å². The molecule has 0 spiro atoms. The number of ketones is 1. The highest BCUT2D eigenvalue weighted by atomic mass is 35.5. The van der Waals surface area contributed by atoms with Gasteiger partial charge in [0.25, 0.3) is 0 Å². The van der Waals surface area contributed by atoms with Gasteiger partial charge in [0, 0.05) is 12.6 Å². The first-order valence-electron chi connectivity index (χ1n) is 5.46. The smallest absolute Gasteiger partial charge is 0.185 e. The molecule has 0 unspecified atom stereocenters. The molecule has 0 aliphatic heterocycles. The van der Waals surface area contributed by atoms with Gasteiger partial charge in [-0.1, -0.05) is 29.3 Å². The van der Waals surface area contributed by atoms with Crippen LogP contribution in [0.4, 0.5) is 0 Å². The molecule has 18 heavy (non-hydrogen) atoms. The van der Waals surface area contributed by atoms with Crippen LogP contribution in [-0.4, -0.2) is 10.8 Å². The predicted octanol–water partition coefficient (Wildman–Crippen LogP) is 4.12. The van der Waals surface area contributed by atoms with Gasteiger partial charge in [-0.2, -0.15) is 0 Å². The molecule has 0 N–H and O–H groups in total. The second-order valence-electron chi connectivity index (χ2n) is 4.07. The lowest BCUT2D eigenvalue weighted by Gasteiger charge is -2.03. The van der Waals surface area contributed by atoms with Crippen LogP contribution in [-0.2, 0) is 6.42 Å². The second kappa shape index (κ2) is 5.51. The zero-order valence-corrected chi connectivity index (χ0v) is 11.3. The summed E-state index contributed by atoms with van der Waals surface area (Å²) in [5.41, 5.74) is 2.32. The van der Waals surface area contributed by atoms with Crippen molar-refractivity contribution < 1.29 is 4.79 Å². The van der Waals surface area contributed by atoms with Crippen LogP contribution in [0.1, 0.15) is 21.6 Å². The van der Waals surface area contributed by atoms with E-state index in [1.165, 1.54) is 0 Å². The number of benzene rings is 1. The average molecular weight is 280 g/mol. The number of carbonyl (C=O) groups is 1. The molecular formula is C14H11Cl2NO. The summed E-state index contributed by atoms with van der Waals surface area (Å²) in [6.07, 6.45) is 1.91. The average Bonchev–Trinajstić information content (AvgIpc) is 2.34. The summed E-state index contributed by atoms with van der Waals surface area (Å²) in [5.74, 6) is -0.0305. The minimum Gasteiger partial charge on any atom is -0.292 e. The lowest BCUT2D eigenvalue weighted by molar-refractivity contribution is 0.0988. The standard InChI is InChI=1S/C14H11Cl2NO/c1-9-4-5-17-13(6-9)14(18)8-10-2-3-11(15)12(16)7-10/h2-7H,8H2,1H3. The van der Waals surface area contributed by atoms with Crippen molar-refractivity contribution in [3.05, 3.63) is 63.4 Å². The number of aromatic nitrogens is 1. The zero-order valence-electron chi connectivity index (χ0n) is 9.78. The third kappa shape index (κ3) is 3.09. The number of pyridine rings is 1. The van der Waals surface area contributed by atoms with Crippen molar-refractivity contribution in [3.63, 3.8) is 0 Å². The summed E-state index contributed by atoms with van der Waals surface area (Å²) in [4.78, 5) is 16.1. The van der Waals surface area contributed by atoms with Crippen LogP contribution < -0.4 is 0 Å². The van der Waals surface area contributed by atoms with E-state index < -0.39 is 0 Å². The van der Waals surface area contributed by atoms with Crippen molar-refractivity contribution in [3.8, 4) is 0 Å². The summed E-state index contributed by atoms with van der Waals surface area (Å²) in [5, 5.41) is 0.945. The Kier molecular flexibility index (Phi) is 4.00. The molecule has 0 bridgehead atoms. The van der Waals surface area contributed by atoms with Crippen molar-refractivity contribution in [1.82, 2.24) is 4.98 Å². The summed E-state index contributed by atoms with van der Waals surface area (Å²) >= 11 is 11.7. The summed E-state index contributed by atoms with van der Waals surface area (Å²) in [6.45, 7) is 1.93. The van der Waals surface area contributed by atoms with Crippen molar-refractivity contribution >= 4 is 29.0 Å². The van der Waals surface area contributed by atoms with Crippen LogP contribution in [0.5, 0.6) is 0 Å². The van der Waals surface area contributed by atoms with E-state index in [0.29, 0.717) is 15.7 Å². The molecule has 0 amide bonds. The lowest BCUT2D eigenvalue weighted by atomic mass is 10.1. The van der Waals surface area contributed by atoms with Gasteiger partial charge in [-0.25, -0.2) is 0 Å².